The highest BCUT2D eigenvalue weighted by molar-refractivity contribution is 8.01. The molecule has 2 aliphatic rings. The predicted octanol–water partition coefficient (Wildman–Crippen LogP) is 2.07. The minimum atomic E-state index is -1.63. The number of β-lactam (4-membered cyclic amide) rings is 1. The average molecular weight is 706 g/mol. The molecule has 4 N–H and O–H groups in total. The first-order chi connectivity index (χ1) is 22.4. The fourth-order valence-electron chi connectivity index (χ4n) is 4.26. The molecule has 2 aromatic heterocycles. The second-order valence-corrected chi connectivity index (χ2v) is 12.3. The van der Waals surface area contributed by atoms with Crippen molar-refractivity contribution in [3.63, 3.8) is 0 Å². The Labute approximate surface area is 276 Å². The van der Waals surface area contributed by atoms with Crippen molar-refractivity contribution in [1.29, 1.82) is 0 Å². The smallest absolute Gasteiger partial charge is 0.449 e. The van der Waals surface area contributed by atoms with Gasteiger partial charge in [0.25, 0.3) is 17.0 Å². The Bertz CT molecular complexity index is 1820. The number of hydrogen-bond acceptors (Lipinski definition) is 18. The summed E-state index contributed by atoms with van der Waals surface area (Å²) < 4.78 is 20.9. The maximum absolute atomic E-state index is 13.2. The summed E-state index contributed by atoms with van der Waals surface area (Å²) in [6, 6.07) is 3.30. The number of thiazole rings is 1. The fourth-order valence-corrected chi connectivity index (χ4v) is 7.02. The molecule has 246 valence electrons. The highest BCUT2D eigenvalue weighted by atomic mass is 32.2. The van der Waals surface area contributed by atoms with Crippen molar-refractivity contribution < 1.29 is 52.5 Å². The van der Waals surface area contributed by atoms with E-state index in [1.807, 2.05) is 0 Å². The van der Waals surface area contributed by atoms with Crippen LogP contribution in [0.15, 0.2) is 49.8 Å². The number of carboxylic acid groups (broad SMARTS) is 1. The van der Waals surface area contributed by atoms with E-state index in [4.69, 9.17) is 29.2 Å². The molecule has 0 aliphatic carbocycles. The zero-order chi connectivity index (χ0) is 33.8. The van der Waals surface area contributed by atoms with Gasteiger partial charge in [0, 0.05) is 41.9 Å². The standard InChI is InChI=1S/C26H23N7O11S3/c1-10(34)41-15-5-4-12(6-16(15)42-11(2)35)20-30-31-25(43-20)47-8-13-7-45-23-18(21(37)33(23)22(13)44-26(38)39)29-19(36)17(32-40-3)14-9-46-24(27)28-14/h4-6,9,18,23H,7-8H2,1-3H3,(H2,27,28)(H,29,36)(H,38,39)/t18-,23+/m1/s1. The van der Waals surface area contributed by atoms with E-state index in [9.17, 15) is 29.1 Å². The summed E-state index contributed by atoms with van der Waals surface area (Å²) in [4.78, 5) is 70.6. The van der Waals surface area contributed by atoms with Crippen LogP contribution in [0.25, 0.3) is 11.5 Å². The topological polar surface area (TPSA) is 248 Å². The van der Waals surface area contributed by atoms with Crippen LogP contribution < -0.4 is 20.5 Å². The van der Waals surface area contributed by atoms with Crippen molar-refractivity contribution in [1.82, 2.24) is 25.4 Å². The number of nitrogen functional groups attached to an aromatic ring is 1. The van der Waals surface area contributed by atoms with Gasteiger partial charge < -0.3 is 39.6 Å². The van der Waals surface area contributed by atoms with Crippen LogP contribution >= 0.6 is 34.9 Å². The van der Waals surface area contributed by atoms with E-state index in [2.05, 4.69) is 25.7 Å². The maximum Gasteiger partial charge on any atom is 0.512 e. The van der Waals surface area contributed by atoms with Crippen molar-refractivity contribution >= 4 is 75.6 Å². The number of amides is 2. The number of nitrogens with zero attached hydrogens (tertiary/aromatic N) is 5. The monoisotopic (exact) mass is 705 g/mol. The number of fused-ring (bicyclic) bond motifs is 1. The number of carbonyl (C=O) groups excluding carboxylic acids is 4. The fraction of sp³-hybridized carbons (Fsp3) is 0.269. The lowest BCUT2D eigenvalue weighted by Crippen LogP contribution is -2.70. The van der Waals surface area contributed by atoms with Gasteiger partial charge in [-0.25, -0.2) is 9.78 Å². The number of oxime groups is 1. The third-order valence-corrected chi connectivity index (χ3v) is 9.02. The lowest BCUT2D eigenvalue weighted by atomic mass is 10.1. The van der Waals surface area contributed by atoms with E-state index in [1.165, 1.54) is 56.3 Å². The normalized spacial score (nSPS) is 17.4. The number of rotatable bonds is 11. The quantitative estimate of drug-likeness (QED) is 0.0645. The molecule has 0 bridgehead atoms. The first-order valence-corrected chi connectivity index (χ1v) is 16.0. The largest absolute Gasteiger partial charge is 0.512 e. The van der Waals surface area contributed by atoms with Crippen LogP contribution in [-0.4, -0.2) is 90.8 Å². The van der Waals surface area contributed by atoms with Crippen molar-refractivity contribution in [2.45, 2.75) is 30.5 Å². The molecular weight excluding hydrogens is 683 g/mol. The van der Waals surface area contributed by atoms with Crippen molar-refractivity contribution in [2.24, 2.45) is 5.16 Å². The zero-order valence-electron chi connectivity index (χ0n) is 24.4. The summed E-state index contributed by atoms with van der Waals surface area (Å²) in [5, 5.41) is 24.8. The average Bonchev–Trinajstić information content (AvgIpc) is 3.66. The highest BCUT2D eigenvalue weighted by Gasteiger charge is 2.54. The Morgan fingerprint density at radius 3 is 2.57 bits per heavy atom. The van der Waals surface area contributed by atoms with Crippen molar-refractivity contribution in [2.75, 3.05) is 24.3 Å². The molecule has 21 heteroatoms. The van der Waals surface area contributed by atoms with Crippen LogP contribution in [0.3, 0.4) is 0 Å². The number of aromatic nitrogens is 3. The van der Waals surface area contributed by atoms with Gasteiger partial charge in [0.1, 0.15) is 24.2 Å². The second kappa shape index (κ2) is 14.1. The number of carbonyl (C=O) groups is 5. The number of thioether (sulfide) groups is 2. The SMILES string of the molecule is CON=C(C(=O)N[C@@H]1C(=O)N2C(OC(=O)O)=C(CSc3nnc(-c4ccc(OC(C)=O)c(OC(C)=O)c4)o3)CS[C@@H]12)c1csc(N)n1. The van der Waals surface area contributed by atoms with Gasteiger partial charge in [-0.15, -0.1) is 33.3 Å². The first kappa shape index (κ1) is 33.2. The van der Waals surface area contributed by atoms with Gasteiger partial charge in [-0.1, -0.05) is 16.9 Å². The van der Waals surface area contributed by atoms with Crippen LogP contribution in [0.4, 0.5) is 9.93 Å². The summed E-state index contributed by atoms with van der Waals surface area (Å²) in [7, 11) is 1.25. The maximum atomic E-state index is 13.2. The summed E-state index contributed by atoms with van der Waals surface area (Å²) >= 11 is 3.43. The van der Waals surface area contributed by atoms with Gasteiger partial charge in [0.15, 0.2) is 22.3 Å². The molecule has 0 spiro atoms. The summed E-state index contributed by atoms with van der Waals surface area (Å²) in [6.07, 6.45) is -1.63. The zero-order valence-corrected chi connectivity index (χ0v) is 26.9. The minimum Gasteiger partial charge on any atom is -0.449 e. The Kier molecular flexibility index (Phi) is 9.96. The third kappa shape index (κ3) is 7.47. The number of benzene rings is 1. The molecule has 3 aromatic rings. The molecule has 47 heavy (non-hydrogen) atoms. The van der Waals surface area contributed by atoms with Gasteiger partial charge in [0.05, 0.1) is 0 Å². The highest BCUT2D eigenvalue weighted by Crippen LogP contribution is 2.42. The van der Waals surface area contributed by atoms with E-state index in [0.29, 0.717) is 11.1 Å². The minimum absolute atomic E-state index is 0.0205. The molecule has 18 nitrogen and oxygen atoms in total. The van der Waals surface area contributed by atoms with Crippen LogP contribution in [0.1, 0.15) is 19.5 Å². The molecule has 2 aliphatic heterocycles. The molecule has 4 heterocycles. The van der Waals surface area contributed by atoms with E-state index >= 15 is 0 Å². The van der Waals surface area contributed by atoms with Gasteiger partial charge >= 0.3 is 18.1 Å². The molecule has 0 unspecified atom stereocenters. The number of ether oxygens (including phenoxy) is 3. The van der Waals surface area contributed by atoms with Gasteiger partial charge in [-0.3, -0.25) is 24.1 Å². The molecule has 1 saturated heterocycles. The Hall–Kier alpha value is -5.15. The molecular formula is C26H23N7O11S3. The number of nitrogens with one attached hydrogen (secondary N) is 1. The van der Waals surface area contributed by atoms with Crippen LogP contribution in [0, 0.1) is 0 Å². The van der Waals surface area contributed by atoms with Crippen molar-refractivity contribution in [3.05, 3.63) is 40.7 Å². The summed E-state index contributed by atoms with van der Waals surface area (Å²) in [5.74, 6) is -2.40. The molecule has 1 fully saturated rings. The van der Waals surface area contributed by atoms with Crippen LogP contribution in [0.2, 0.25) is 0 Å². The summed E-state index contributed by atoms with van der Waals surface area (Å²) in [6.45, 7) is 2.39. The lowest BCUT2D eigenvalue weighted by molar-refractivity contribution is -0.148. The predicted molar refractivity (Wildman–Crippen MR) is 164 cm³/mol. The molecule has 1 aromatic carbocycles. The van der Waals surface area contributed by atoms with Crippen LogP contribution in [-0.2, 0) is 28.8 Å². The molecule has 0 radical (unpaired) electrons. The van der Waals surface area contributed by atoms with Crippen LogP contribution in [0.5, 0.6) is 11.5 Å². The number of anilines is 1. The Morgan fingerprint density at radius 2 is 1.91 bits per heavy atom. The van der Waals surface area contributed by atoms with E-state index in [-0.39, 0.29) is 56.5 Å². The van der Waals surface area contributed by atoms with E-state index < -0.39 is 41.3 Å². The van der Waals surface area contributed by atoms with Gasteiger partial charge in [0.2, 0.25) is 11.8 Å². The molecule has 2 atom stereocenters. The molecule has 5 rings (SSSR count). The first-order valence-electron chi connectivity index (χ1n) is 13.1. The second-order valence-electron chi connectivity index (χ2n) is 9.34. The van der Waals surface area contributed by atoms with E-state index in [0.717, 1.165) is 28.0 Å². The van der Waals surface area contributed by atoms with E-state index in [1.54, 1.807) is 0 Å². The number of nitrogens with two attached hydrogens (primary N) is 1. The third-order valence-electron chi connectivity index (χ3n) is 6.10. The Morgan fingerprint density at radius 1 is 1.17 bits per heavy atom. The summed E-state index contributed by atoms with van der Waals surface area (Å²) in [5.41, 5.74) is 6.43. The lowest BCUT2D eigenvalue weighted by Gasteiger charge is -2.49. The molecule has 0 saturated carbocycles. The van der Waals surface area contributed by atoms with Gasteiger partial charge in [-0.05, 0) is 18.2 Å². The molecule has 2 amide bonds. The number of hydrogen-bond donors (Lipinski definition) is 3. The Balaban J connectivity index is 1.29. The number of esters is 2. The van der Waals surface area contributed by atoms with Gasteiger partial charge in [-0.2, -0.15) is 0 Å². The van der Waals surface area contributed by atoms with Crippen molar-refractivity contribution in [3.8, 4) is 23.0 Å².